The Balaban J connectivity index is 1.46. The average Bonchev–Trinajstić information content (AvgIpc) is 3.29. The molecule has 0 bridgehead atoms. The topological polar surface area (TPSA) is 61.4 Å². The fraction of sp³-hybridized carbons (Fsp3) is 0.533. The van der Waals surface area contributed by atoms with Gasteiger partial charge >= 0.3 is 6.03 Å². The van der Waals surface area contributed by atoms with Gasteiger partial charge in [-0.2, -0.15) is 0 Å². The van der Waals surface area contributed by atoms with E-state index in [2.05, 4.69) is 36.3 Å². The van der Waals surface area contributed by atoms with Crippen LogP contribution in [0.25, 0.3) is 0 Å². The van der Waals surface area contributed by atoms with Crippen molar-refractivity contribution in [2.24, 2.45) is 11.8 Å². The lowest BCUT2D eigenvalue weighted by atomic mass is 9.92. The second-order valence-electron chi connectivity index (χ2n) is 10.4. The molecule has 0 aliphatic carbocycles. The lowest BCUT2D eigenvalue weighted by Gasteiger charge is -2.27. The summed E-state index contributed by atoms with van der Waals surface area (Å²) in [5, 5.41) is 5.74. The van der Waals surface area contributed by atoms with Crippen molar-refractivity contribution in [2.75, 3.05) is 17.2 Å². The smallest absolute Gasteiger partial charge is 0.323 e. The highest BCUT2D eigenvalue weighted by Gasteiger charge is 2.29. The maximum atomic E-state index is 13.1. The van der Waals surface area contributed by atoms with Crippen LogP contribution in [0.4, 0.5) is 16.2 Å². The van der Waals surface area contributed by atoms with Crippen LogP contribution in [0.15, 0.2) is 48.5 Å². The molecule has 3 atom stereocenters. The summed E-state index contributed by atoms with van der Waals surface area (Å²) in [6.07, 6.45) is 8.88. The Hall–Kier alpha value is -2.82. The number of anilines is 2. The molecular weight excluding hydrogens is 434 g/mol. The molecule has 0 spiro atoms. The summed E-state index contributed by atoms with van der Waals surface area (Å²) in [5.74, 6) is 1.70. The van der Waals surface area contributed by atoms with Crippen LogP contribution < -0.4 is 10.6 Å². The summed E-state index contributed by atoms with van der Waals surface area (Å²) in [7, 11) is 0. The van der Waals surface area contributed by atoms with E-state index < -0.39 is 0 Å². The number of rotatable bonds is 11. The number of hydrogen-bond acceptors (Lipinski definition) is 2. The van der Waals surface area contributed by atoms with Crippen molar-refractivity contribution in [3.8, 4) is 0 Å². The third kappa shape index (κ3) is 8.41. The number of hydrogen-bond donors (Lipinski definition) is 2. The fourth-order valence-corrected chi connectivity index (χ4v) is 4.99. The molecule has 190 valence electrons. The molecule has 3 unspecified atom stereocenters. The molecule has 1 saturated heterocycles. The average molecular weight is 478 g/mol. The van der Waals surface area contributed by atoms with Gasteiger partial charge in [0.25, 0.3) is 0 Å². The van der Waals surface area contributed by atoms with Gasteiger partial charge in [-0.15, -0.1) is 0 Å². The van der Waals surface area contributed by atoms with Crippen LogP contribution in [0.5, 0.6) is 0 Å². The molecule has 2 aromatic carbocycles. The Labute approximate surface area is 211 Å². The number of urea groups is 1. The van der Waals surface area contributed by atoms with E-state index in [1.165, 1.54) is 25.7 Å². The normalized spacial score (nSPS) is 17.1. The van der Waals surface area contributed by atoms with Gasteiger partial charge in [0, 0.05) is 24.0 Å². The Bertz CT molecular complexity index is 956. The first-order valence-electron chi connectivity index (χ1n) is 13.4. The van der Waals surface area contributed by atoms with Crippen molar-refractivity contribution in [3.63, 3.8) is 0 Å². The molecule has 1 aliphatic rings. The highest BCUT2D eigenvalue weighted by molar-refractivity contribution is 6.00. The Morgan fingerprint density at radius 2 is 1.71 bits per heavy atom. The highest BCUT2D eigenvalue weighted by atomic mass is 16.2. The molecule has 2 N–H and O–H groups in total. The standard InChI is InChI=1S/C30H43N3O2/c1-5-22(2)10-8-11-23(3)20-27-13-9-19-33(27)29(34)21-25-15-17-26(18-16-25)31-30(35)32-28-14-7-6-12-24(28)4/h6-7,12,14-18,22-23,27H,5,8-11,13,19-21H2,1-4H3,(H2,31,32,35). The molecule has 1 fully saturated rings. The number of carbonyl (C=O) groups excluding carboxylic acids is 2. The minimum atomic E-state index is -0.277. The monoisotopic (exact) mass is 477 g/mol. The van der Waals surface area contributed by atoms with Crippen molar-refractivity contribution < 1.29 is 9.59 Å². The van der Waals surface area contributed by atoms with E-state index in [0.29, 0.717) is 24.1 Å². The molecule has 0 aromatic heterocycles. The first kappa shape index (κ1) is 26.8. The molecule has 3 rings (SSSR count). The number of aryl methyl sites for hydroxylation is 1. The van der Waals surface area contributed by atoms with Gasteiger partial charge in [-0.1, -0.05) is 76.8 Å². The molecule has 0 saturated carbocycles. The number of para-hydroxylation sites is 1. The first-order chi connectivity index (χ1) is 16.9. The summed E-state index contributed by atoms with van der Waals surface area (Å²) in [6, 6.07) is 15.4. The van der Waals surface area contributed by atoms with E-state index in [4.69, 9.17) is 0 Å². The molecule has 0 radical (unpaired) electrons. The Morgan fingerprint density at radius 3 is 2.43 bits per heavy atom. The largest absolute Gasteiger partial charge is 0.339 e. The minimum Gasteiger partial charge on any atom is -0.339 e. The van der Waals surface area contributed by atoms with E-state index in [0.717, 1.165) is 48.5 Å². The zero-order valence-electron chi connectivity index (χ0n) is 22.0. The van der Waals surface area contributed by atoms with Gasteiger partial charge in [-0.25, -0.2) is 4.79 Å². The zero-order chi connectivity index (χ0) is 25.2. The van der Waals surface area contributed by atoms with Crippen molar-refractivity contribution >= 4 is 23.3 Å². The predicted molar refractivity (Wildman–Crippen MR) is 146 cm³/mol. The van der Waals surface area contributed by atoms with Crippen molar-refractivity contribution in [2.45, 2.75) is 85.1 Å². The fourth-order valence-electron chi connectivity index (χ4n) is 4.99. The zero-order valence-corrected chi connectivity index (χ0v) is 22.0. The number of likely N-dealkylation sites (tertiary alicyclic amines) is 1. The van der Waals surface area contributed by atoms with E-state index in [1.807, 2.05) is 55.5 Å². The van der Waals surface area contributed by atoms with Crippen LogP contribution in [0.3, 0.4) is 0 Å². The minimum absolute atomic E-state index is 0.220. The van der Waals surface area contributed by atoms with Crippen molar-refractivity contribution in [3.05, 3.63) is 59.7 Å². The molecule has 5 heteroatoms. The number of amides is 3. The Kier molecular flexibility index (Phi) is 10.2. The summed E-state index contributed by atoms with van der Waals surface area (Å²) in [5.41, 5.74) is 3.49. The maximum absolute atomic E-state index is 13.1. The van der Waals surface area contributed by atoms with Crippen LogP contribution in [-0.2, 0) is 11.2 Å². The van der Waals surface area contributed by atoms with Crippen molar-refractivity contribution in [1.82, 2.24) is 4.90 Å². The van der Waals surface area contributed by atoms with Gasteiger partial charge in [-0.05, 0) is 67.3 Å². The van der Waals surface area contributed by atoms with Gasteiger partial charge in [0.1, 0.15) is 0 Å². The third-order valence-corrected chi connectivity index (χ3v) is 7.42. The molecule has 5 nitrogen and oxygen atoms in total. The van der Waals surface area contributed by atoms with Gasteiger partial charge < -0.3 is 15.5 Å². The molecular formula is C30H43N3O2. The van der Waals surface area contributed by atoms with Gasteiger partial charge in [-0.3, -0.25) is 4.79 Å². The van der Waals surface area contributed by atoms with E-state index in [-0.39, 0.29) is 11.9 Å². The van der Waals surface area contributed by atoms with Gasteiger partial charge in [0.2, 0.25) is 5.91 Å². The van der Waals surface area contributed by atoms with Gasteiger partial charge in [0.15, 0.2) is 0 Å². The number of nitrogens with zero attached hydrogens (tertiary/aromatic N) is 1. The number of benzene rings is 2. The molecule has 35 heavy (non-hydrogen) atoms. The van der Waals surface area contributed by atoms with Crippen molar-refractivity contribution in [1.29, 1.82) is 0 Å². The maximum Gasteiger partial charge on any atom is 0.323 e. The molecule has 1 aliphatic heterocycles. The van der Waals surface area contributed by atoms with Gasteiger partial charge in [0.05, 0.1) is 6.42 Å². The van der Waals surface area contributed by atoms with E-state index in [1.54, 1.807) is 0 Å². The predicted octanol–water partition coefficient (Wildman–Crippen LogP) is 7.42. The van der Waals surface area contributed by atoms with E-state index >= 15 is 0 Å². The third-order valence-electron chi connectivity index (χ3n) is 7.42. The van der Waals surface area contributed by atoms with Crippen LogP contribution in [0.2, 0.25) is 0 Å². The lowest BCUT2D eigenvalue weighted by molar-refractivity contribution is -0.131. The molecule has 3 amide bonds. The molecule has 2 aromatic rings. The summed E-state index contributed by atoms with van der Waals surface area (Å²) < 4.78 is 0. The van der Waals surface area contributed by atoms with Crippen LogP contribution in [-0.4, -0.2) is 29.4 Å². The number of nitrogens with one attached hydrogen (secondary N) is 2. The lowest BCUT2D eigenvalue weighted by Crippen LogP contribution is -2.37. The second kappa shape index (κ2) is 13.3. The van der Waals surface area contributed by atoms with Crippen LogP contribution >= 0.6 is 0 Å². The Morgan fingerprint density at radius 1 is 1.00 bits per heavy atom. The second-order valence-corrected chi connectivity index (χ2v) is 10.4. The molecule has 1 heterocycles. The van der Waals surface area contributed by atoms with Crippen LogP contribution in [0, 0.1) is 18.8 Å². The quantitative estimate of drug-likeness (QED) is 0.354. The first-order valence-corrected chi connectivity index (χ1v) is 13.4. The number of carbonyl (C=O) groups is 2. The summed E-state index contributed by atoms with van der Waals surface area (Å²) in [6.45, 7) is 9.79. The van der Waals surface area contributed by atoms with Crippen LogP contribution in [0.1, 0.15) is 76.8 Å². The SMILES string of the molecule is CCC(C)CCCC(C)CC1CCCN1C(=O)Cc1ccc(NC(=O)Nc2ccccc2C)cc1. The summed E-state index contributed by atoms with van der Waals surface area (Å²) >= 11 is 0. The highest BCUT2D eigenvalue weighted by Crippen LogP contribution is 2.27. The summed E-state index contributed by atoms with van der Waals surface area (Å²) in [4.78, 5) is 27.5. The van der Waals surface area contributed by atoms with E-state index in [9.17, 15) is 9.59 Å².